The van der Waals surface area contributed by atoms with Gasteiger partial charge in [-0.25, -0.2) is 4.79 Å². The predicted octanol–water partition coefficient (Wildman–Crippen LogP) is 3.97. The van der Waals surface area contributed by atoms with Gasteiger partial charge in [0.1, 0.15) is 11.4 Å². The number of nitrogens with zero attached hydrogens (tertiary/aromatic N) is 1. The van der Waals surface area contributed by atoms with Crippen LogP contribution in [0.5, 0.6) is 5.75 Å². The fourth-order valence-electron chi connectivity index (χ4n) is 3.36. The zero-order valence-corrected chi connectivity index (χ0v) is 15.4. The Bertz CT molecular complexity index is 927. The summed E-state index contributed by atoms with van der Waals surface area (Å²) in [6.07, 6.45) is 0. The van der Waals surface area contributed by atoms with Gasteiger partial charge in [0.15, 0.2) is 0 Å². The summed E-state index contributed by atoms with van der Waals surface area (Å²) >= 11 is 0. The molecule has 0 unspecified atom stereocenters. The van der Waals surface area contributed by atoms with Crippen LogP contribution in [-0.2, 0) is 19.6 Å². The van der Waals surface area contributed by atoms with Crippen LogP contribution in [0.1, 0.15) is 34.1 Å². The van der Waals surface area contributed by atoms with Gasteiger partial charge < -0.3 is 19.7 Å². The lowest BCUT2D eigenvalue weighted by molar-refractivity contribution is 0.0684. The number of hydrogen-bond donors (Lipinski definition) is 2. The zero-order chi connectivity index (χ0) is 18.7. The first-order chi connectivity index (χ1) is 12.5. The Balaban J connectivity index is 1.88. The molecule has 0 bridgehead atoms. The first-order valence-electron chi connectivity index (χ1n) is 8.73. The summed E-state index contributed by atoms with van der Waals surface area (Å²) < 4.78 is 7.05. The molecule has 1 heterocycles. The Kier molecular flexibility index (Phi) is 5.28. The van der Waals surface area contributed by atoms with E-state index in [4.69, 9.17) is 4.74 Å². The third kappa shape index (κ3) is 3.44. The molecule has 5 heteroatoms. The van der Waals surface area contributed by atoms with Gasteiger partial charge in [0.2, 0.25) is 0 Å². The predicted molar refractivity (Wildman–Crippen MR) is 103 cm³/mol. The van der Waals surface area contributed by atoms with Gasteiger partial charge in [0, 0.05) is 36.1 Å². The fourth-order valence-corrected chi connectivity index (χ4v) is 3.36. The highest BCUT2D eigenvalue weighted by Crippen LogP contribution is 2.27. The highest BCUT2D eigenvalue weighted by molar-refractivity contribution is 5.98. The van der Waals surface area contributed by atoms with E-state index in [0.29, 0.717) is 25.3 Å². The minimum atomic E-state index is -0.887. The van der Waals surface area contributed by atoms with Crippen molar-refractivity contribution in [3.05, 3.63) is 64.8 Å². The van der Waals surface area contributed by atoms with Crippen molar-refractivity contribution in [3.63, 3.8) is 0 Å². The molecule has 0 saturated carbocycles. The minimum Gasteiger partial charge on any atom is -0.497 e. The van der Waals surface area contributed by atoms with E-state index < -0.39 is 5.97 Å². The number of benzene rings is 2. The number of nitrogens with one attached hydrogen (secondary N) is 1. The molecular weight excluding hydrogens is 328 g/mol. The van der Waals surface area contributed by atoms with E-state index in [1.54, 1.807) is 7.11 Å². The molecule has 1 aromatic heterocycles. The molecule has 0 spiro atoms. The van der Waals surface area contributed by atoms with E-state index in [0.717, 1.165) is 33.3 Å². The van der Waals surface area contributed by atoms with E-state index in [1.807, 2.05) is 54.8 Å². The number of carboxylic acids is 1. The summed E-state index contributed by atoms with van der Waals surface area (Å²) in [5.74, 6) is -0.0646. The SMILES string of the molecule is CCn1c(C(=O)O)c(CNCc2ccc(OC)cc2)c2ccc(C)cc21. The van der Waals surface area contributed by atoms with Crippen LogP contribution in [0.25, 0.3) is 10.9 Å². The molecule has 0 radical (unpaired) electrons. The maximum Gasteiger partial charge on any atom is 0.352 e. The summed E-state index contributed by atoms with van der Waals surface area (Å²) in [6.45, 7) is 5.78. The molecule has 26 heavy (non-hydrogen) atoms. The number of rotatable bonds is 7. The van der Waals surface area contributed by atoms with Crippen molar-refractivity contribution in [3.8, 4) is 5.75 Å². The van der Waals surface area contributed by atoms with Crippen LogP contribution in [0.2, 0.25) is 0 Å². The number of carbonyl (C=O) groups is 1. The lowest BCUT2D eigenvalue weighted by atomic mass is 10.1. The zero-order valence-electron chi connectivity index (χ0n) is 15.4. The van der Waals surface area contributed by atoms with Gasteiger partial charge in [-0.15, -0.1) is 0 Å². The molecule has 2 N–H and O–H groups in total. The second kappa shape index (κ2) is 7.62. The molecule has 136 valence electrons. The van der Waals surface area contributed by atoms with E-state index in [1.165, 1.54) is 0 Å². The summed E-state index contributed by atoms with van der Waals surface area (Å²) in [6, 6.07) is 14.0. The average molecular weight is 352 g/mol. The van der Waals surface area contributed by atoms with E-state index >= 15 is 0 Å². The number of methoxy groups -OCH3 is 1. The average Bonchev–Trinajstić information content (AvgIpc) is 2.95. The van der Waals surface area contributed by atoms with Crippen LogP contribution in [0.15, 0.2) is 42.5 Å². The molecule has 0 aliphatic carbocycles. The van der Waals surface area contributed by atoms with Crippen LogP contribution in [0, 0.1) is 6.92 Å². The van der Waals surface area contributed by atoms with E-state index in [9.17, 15) is 9.90 Å². The van der Waals surface area contributed by atoms with Crippen LogP contribution >= 0.6 is 0 Å². The Hall–Kier alpha value is -2.79. The summed E-state index contributed by atoms with van der Waals surface area (Å²) in [5, 5.41) is 14.1. The van der Waals surface area contributed by atoms with Gasteiger partial charge in [0.25, 0.3) is 0 Å². The quantitative estimate of drug-likeness (QED) is 0.675. The van der Waals surface area contributed by atoms with Crippen molar-refractivity contribution in [2.45, 2.75) is 33.5 Å². The van der Waals surface area contributed by atoms with Crippen molar-refractivity contribution in [1.29, 1.82) is 0 Å². The van der Waals surface area contributed by atoms with Crippen LogP contribution in [-0.4, -0.2) is 22.8 Å². The van der Waals surface area contributed by atoms with Crippen LogP contribution in [0.4, 0.5) is 0 Å². The monoisotopic (exact) mass is 352 g/mol. The Morgan fingerprint density at radius 3 is 2.50 bits per heavy atom. The van der Waals surface area contributed by atoms with Gasteiger partial charge >= 0.3 is 5.97 Å². The normalized spacial score (nSPS) is 11.0. The van der Waals surface area contributed by atoms with Crippen molar-refractivity contribution in [2.75, 3.05) is 7.11 Å². The summed E-state index contributed by atoms with van der Waals surface area (Å²) in [4.78, 5) is 11.9. The van der Waals surface area contributed by atoms with Gasteiger partial charge in [-0.3, -0.25) is 0 Å². The topological polar surface area (TPSA) is 63.5 Å². The number of aromatic nitrogens is 1. The smallest absolute Gasteiger partial charge is 0.352 e. The second-order valence-corrected chi connectivity index (χ2v) is 6.35. The van der Waals surface area contributed by atoms with Crippen molar-refractivity contribution >= 4 is 16.9 Å². The first-order valence-corrected chi connectivity index (χ1v) is 8.73. The molecule has 0 aliphatic heterocycles. The number of fused-ring (bicyclic) bond motifs is 1. The number of hydrogen-bond acceptors (Lipinski definition) is 3. The molecule has 0 saturated heterocycles. The highest BCUT2D eigenvalue weighted by atomic mass is 16.5. The first kappa shape index (κ1) is 18.0. The third-order valence-electron chi connectivity index (χ3n) is 4.63. The van der Waals surface area contributed by atoms with Crippen molar-refractivity contribution < 1.29 is 14.6 Å². The van der Waals surface area contributed by atoms with Gasteiger partial charge in [-0.2, -0.15) is 0 Å². The molecule has 2 aromatic carbocycles. The van der Waals surface area contributed by atoms with Gasteiger partial charge in [0.05, 0.1) is 7.11 Å². The van der Waals surface area contributed by atoms with Gasteiger partial charge in [-0.1, -0.05) is 24.3 Å². The molecule has 0 amide bonds. The third-order valence-corrected chi connectivity index (χ3v) is 4.63. The van der Waals surface area contributed by atoms with Crippen molar-refractivity contribution in [2.24, 2.45) is 0 Å². The number of aromatic carboxylic acids is 1. The maximum absolute atomic E-state index is 11.9. The lowest BCUT2D eigenvalue weighted by Gasteiger charge is -2.08. The summed E-state index contributed by atoms with van der Waals surface area (Å²) in [7, 11) is 1.64. The minimum absolute atomic E-state index is 0.371. The molecule has 3 aromatic rings. The number of ether oxygens (including phenoxy) is 1. The molecule has 5 nitrogen and oxygen atoms in total. The molecular formula is C21H24N2O3. The van der Waals surface area contributed by atoms with Gasteiger partial charge in [-0.05, 0) is 43.2 Å². The largest absolute Gasteiger partial charge is 0.497 e. The molecule has 0 aliphatic rings. The Morgan fingerprint density at radius 2 is 1.88 bits per heavy atom. The Morgan fingerprint density at radius 1 is 1.15 bits per heavy atom. The van der Waals surface area contributed by atoms with E-state index in [2.05, 4.69) is 11.4 Å². The standard InChI is InChI=1S/C21H24N2O3/c1-4-23-19-11-14(2)5-10-17(19)18(20(23)21(24)25)13-22-12-15-6-8-16(26-3)9-7-15/h5-11,22H,4,12-13H2,1-3H3,(H,24,25). The van der Waals surface area contributed by atoms with Crippen molar-refractivity contribution in [1.82, 2.24) is 9.88 Å². The number of aryl methyl sites for hydroxylation is 2. The van der Waals surface area contributed by atoms with Crippen LogP contribution in [0.3, 0.4) is 0 Å². The maximum atomic E-state index is 11.9. The molecule has 0 atom stereocenters. The number of carboxylic acid groups (broad SMARTS) is 1. The highest BCUT2D eigenvalue weighted by Gasteiger charge is 2.21. The lowest BCUT2D eigenvalue weighted by Crippen LogP contribution is -2.16. The fraction of sp³-hybridized carbons (Fsp3) is 0.286. The second-order valence-electron chi connectivity index (χ2n) is 6.35. The summed E-state index contributed by atoms with van der Waals surface area (Å²) in [5.41, 5.74) is 4.43. The van der Waals surface area contributed by atoms with Crippen LogP contribution < -0.4 is 10.1 Å². The van der Waals surface area contributed by atoms with E-state index in [-0.39, 0.29) is 0 Å². The molecule has 0 fully saturated rings. The molecule has 3 rings (SSSR count). The Labute approximate surface area is 153 Å².